The minimum absolute atomic E-state index is 0.125. The summed E-state index contributed by atoms with van der Waals surface area (Å²) in [4.78, 5) is 0. The highest BCUT2D eigenvalue weighted by Gasteiger charge is 2.31. The van der Waals surface area contributed by atoms with Gasteiger partial charge in [-0.3, -0.25) is 0 Å². The molecule has 0 amide bonds. The van der Waals surface area contributed by atoms with Crippen molar-refractivity contribution in [3.8, 4) is 0 Å². The first-order valence-electron chi connectivity index (χ1n) is 10.6. The lowest BCUT2D eigenvalue weighted by Crippen LogP contribution is -2.26. The topological polar surface area (TPSA) is 18.5 Å². The fourth-order valence-corrected chi connectivity index (χ4v) is 4.94. The number of hydrogen-bond acceptors (Lipinski definition) is 2. The van der Waals surface area contributed by atoms with Gasteiger partial charge in [-0.2, -0.15) is 8.78 Å². The van der Waals surface area contributed by atoms with E-state index in [1.54, 1.807) is 6.92 Å². The normalized spacial score (nSPS) is 33.4. The highest BCUT2D eigenvalue weighted by molar-refractivity contribution is 5.29. The number of hydrogen-bond donors (Lipinski definition) is 0. The van der Waals surface area contributed by atoms with Crippen LogP contribution in [0.5, 0.6) is 0 Å². The largest absolute Gasteiger partial charge is 0.495 e. The molecule has 148 valence electrons. The second-order valence-electron chi connectivity index (χ2n) is 8.52. The minimum Gasteiger partial charge on any atom is -0.495 e. The third kappa shape index (κ3) is 4.80. The molecule has 0 heterocycles. The zero-order valence-electron chi connectivity index (χ0n) is 16.4. The molecule has 3 aliphatic carbocycles. The Hall–Kier alpha value is -1.06. The predicted molar refractivity (Wildman–Crippen MR) is 99.7 cm³/mol. The van der Waals surface area contributed by atoms with Gasteiger partial charge >= 0.3 is 0 Å². The Kier molecular flexibility index (Phi) is 6.99. The van der Waals surface area contributed by atoms with E-state index in [-0.39, 0.29) is 11.5 Å². The van der Waals surface area contributed by atoms with Crippen LogP contribution in [-0.4, -0.2) is 13.2 Å². The van der Waals surface area contributed by atoms with Crippen molar-refractivity contribution in [2.75, 3.05) is 13.2 Å². The molecular formula is C22H34F2O2. The highest BCUT2D eigenvalue weighted by atomic mass is 19.2. The van der Waals surface area contributed by atoms with Crippen LogP contribution >= 0.6 is 0 Å². The Morgan fingerprint density at radius 3 is 1.81 bits per heavy atom. The van der Waals surface area contributed by atoms with Crippen molar-refractivity contribution in [1.82, 2.24) is 0 Å². The van der Waals surface area contributed by atoms with E-state index in [9.17, 15) is 8.78 Å². The summed E-state index contributed by atoms with van der Waals surface area (Å²) in [7, 11) is 0. The Morgan fingerprint density at radius 2 is 1.27 bits per heavy atom. The first-order chi connectivity index (χ1) is 12.6. The Labute approximate surface area is 157 Å². The molecule has 0 aromatic heterocycles. The molecule has 0 bridgehead atoms. The fraction of sp³-hybridized carbons (Fsp3) is 0.818. The van der Waals surface area contributed by atoms with Crippen LogP contribution in [0, 0.1) is 23.7 Å². The lowest BCUT2D eigenvalue weighted by atomic mass is 9.69. The summed E-state index contributed by atoms with van der Waals surface area (Å²) < 4.78 is 39.0. The molecule has 0 saturated heterocycles. The van der Waals surface area contributed by atoms with Crippen LogP contribution in [0.1, 0.15) is 78.1 Å². The standard InChI is InChI=1S/C22H34F2O2/c1-3-25-19-12-13-20(22(24)21(19)23)26-14-16-6-10-18(11-7-16)17-8-4-15(2)5-9-17/h15-18H,3-14H2,1-2H3. The summed E-state index contributed by atoms with van der Waals surface area (Å²) in [6, 6.07) is 0. The fourth-order valence-electron chi connectivity index (χ4n) is 4.94. The second kappa shape index (κ2) is 9.23. The third-order valence-corrected chi connectivity index (χ3v) is 6.69. The van der Waals surface area contributed by atoms with E-state index in [1.807, 2.05) is 0 Å². The molecule has 0 N–H and O–H groups in total. The van der Waals surface area contributed by atoms with Gasteiger partial charge in [0.15, 0.2) is 11.7 Å². The van der Waals surface area contributed by atoms with Gasteiger partial charge in [0.2, 0.25) is 0 Å². The van der Waals surface area contributed by atoms with Crippen molar-refractivity contribution in [1.29, 1.82) is 0 Å². The summed E-state index contributed by atoms with van der Waals surface area (Å²) in [5, 5.41) is 0. The molecule has 2 fully saturated rings. The van der Waals surface area contributed by atoms with Crippen molar-refractivity contribution in [3.05, 3.63) is 23.2 Å². The molecule has 3 rings (SSSR count). The Morgan fingerprint density at radius 1 is 0.769 bits per heavy atom. The molecule has 0 radical (unpaired) electrons. The molecule has 26 heavy (non-hydrogen) atoms. The summed E-state index contributed by atoms with van der Waals surface area (Å²) in [6.45, 7) is 5.03. The van der Waals surface area contributed by atoms with Crippen molar-refractivity contribution in [2.24, 2.45) is 23.7 Å². The maximum Gasteiger partial charge on any atom is 0.199 e. The number of rotatable bonds is 6. The van der Waals surface area contributed by atoms with Gasteiger partial charge in [0.05, 0.1) is 13.2 Å². The molecule has 0 unspecified atom stereocenters. The van der Waals surface area contributed by atoms with E-state index in [4.69, 9.17) is 9.47 Å². The van der Waals surface area contributed by atoms with Crippen LogP contribution < -0.4 is 0 Å². The second-order valence-corrected chi connectivity index (χ2v) is 8.52. The molecule has 0 aromatic carbocycles. The highest BCUT2D eigenvalue weighted by Crippen LogP contribution is 2.41. The van der Waals surface area contributed by atoms with Crippen molar-refractivity contribution in [2.45, 2.75) is 78.1 Å². The van der Waals surface area contributed by atoms with Crippen molar-refractivity contribution >= 4 is 0 Å². The molecular weight excluding hydrogens is 334 g/mol. The number of ether oxygens (including phenoxy) is 2. The summed E-state index contributed by atoms with van der Waals surface area (Å²) in [5.74, 6) is 1.75. The van der Waals surface area contributed by atoms with E-state index in [1.165, 1.54) is 38.5 Å². The van der Waals surface area contributed by atoms with Gasteiger partial charge in [-0.05, 0) is 69.1 Å². The lowest BCUT2D eigenvalue weighted by Gasteiger charge is -2.37. The number of halogens is 2. The van der Waals surface area contributed by atoms with E-state index in [2.05, 4.69) is 6.92 Å². The zero-order chi connectivity index (χ0) is 18.5. The molecule has 0 aromatic rings. The van der Waals surface area contributed by atoms with Crippen LogP contribution in [-0.2, 0) is 9.47 Å². The summed E-state index contributed by atoms with van der Waals surface area (Å²) in [6.07, 6.45) is 11.2. The first-order valence-corrected chi connectivity index (χ1v) is 10.6. The monoisotopic (exact) mass is 368 g/mol. The average molecular weight is 369 g/mol. The average Bonchev–Trinajstić information content (AvgIpc) is 2.66. The van der Waals surface area contributed by atoms with Crippen LogP contribution in [0.15, 0.2) is 23.2 Å². The van der Waals surface area contributed by atoms with Gasteiger partial charge in [0, 0.05) is 12.8 Å². The molecule has 2 nitrogen and oxygen atoms in total. The molecule has 2 saturated carbocycles. The van der Waals surface area contributed by atoms with E-state index in [0.29, 0.717) is 32.0 Å². The smallest absolute Gasteiger partial charge is 0.199 e. The van der Waals surface area contributed by atoms with Crippen LogP contribution in [0.3, 0.4) is 0 Å². The lowest BCUT2D eigenvalue weighted by molar-refractivity contribution is 0.0903. The summed E-state index contributed by atoms with van der Waals surface area (Å²) in [5.41, 5.74) is 0. The van der Waals surface area contributed by atoms with E-state index in [0.717, 1.165) is 30.6 Å². The minimum atomic E-state index is -0.872. The van der Waals surface area contributed by atoms with Gasteiger partial charge in [-0.1, -0.05) is 19.8 Å². The van der Waals surface area contributed by atoms with Gasteiger partial charge in [-0.15, -0.1) is 0 Å². The van der Waals surface area contributed by atoms with Gasteiger partial charge in [0.1, 0.15) is 11.5 Å². The van der Waals surface area contributed by atoms with Gasteiger partial charge in [-0.25, -0.2) is 0 Å². The third-order valence-electron chi connectivity index (χ3n) is 6.69. The maximum atomic E-state index is 14.1. The Balaban J connectivity index is 1.44. The molecule has 3 aliphatic rings. The van der Waals surface area contributed by atoms with Crippen LogP contribution in [0.25, 0.3) is 0 Å². The predicted octanol–water partition coefficient (Wildman–Crippen LogP) is 6.83. The maximum absolute atomic E-state index is 14.1. The van der Waals surface area contributed by atoms with Crippen LogP contribution in [0.2, 0.25) is 0 Å². The van der Waals surface area contributed by atoms with Gasteiger partial charge in [0.25, 0.3) is 0 Å². The molecule has 4 heteroatoms. The van der Waals surface area contributed by atoms with E-state index >= 15 is 0 Å². The summed E-state index contributed by atoms with van der Waals surface area (Å²) >= 11 is 0. The van der Waals surface area contributed by atoms with Crippen LogP contribution in [0.4, 0.5) is 8.78 Å². The first kappa shape index (κ1) is 19.7. The van der Waals surface area contributed by atoms with Crippen molar-refractivity contribution in [3.63, 3.8) is 0 Å². The Bertz CT molecular complexity index is 524. The van der Waals surface area contributed by atoms with Gasteiger partial charge < -0.3 is 9.47 Å². The molecule has 0 atom stereocenters. The van der Waals surface area contributed by atoms with Crippen molar-refractivity contribution < 1.29 is 18.3 Å². The quantitative estimate of drug-likeness (QED) is 0.511. The molecule has 0 spiro atoms. The zero-order valence-corrected chi connectivity index (χ0v) is 16.4. The van der Waals surface area contributed by atoms with E-state index < -0.39 is 11.7 Å². The SMILES string of the molecule is CCOC1=C(F)C(F)=C(OCC2CCC(C3CCC(C)CC3)CC2)CC1. The molecule has 0 aliphatic heterocycles. The number of allylic oxidation sites excluding steroid dienone is 4.